The Balaban J connectivity index is 5.43. The highest BCUT2D eigenvalue weighted by Gasteiger charge is 2.30. The summed E-state index contributed by atoms with van der Waals surface area (Å²) >= 11 is 0. The molecule has 3 N–H and O–H groups in total. The van der Waals surface area contributed by atoms with Crippen molar-refractivity contribution in [1.82, 2.24) is 0 Å². The molecule has 102 heavy (non-hydrogen) atoms. The topological polar surface area (TPSA) is 237 Å². The molecule has 0 rings (SSSR count). The SMILES string of the molecule is CC/C=C\C/C=C\C/C=C\C/C=C\C/C=C\CCCCCC(=O)OCC(COP(=O)(O)OCC(O)COP(=O)(O)OCC(COC(=O)CCCCCCCCCCCCCCC)OC(=O)CCCCCCCCCCCCCCC)OC(=O)CCC/C=C\C/C=C\C/C=C\C/C=C\C/C=C\CC. The van der Waals surface area contributed by atoms with E-state index in [1.54, 1.807) is 0 Å². The minimum Gasteiger partial charge on any atom is -0.462 e. The minimum absolute atomic E-state index is 0.00686. The van der Waals surface area contributed by atoms with Crippen molar-refractivity contribution in [3.05, 3.63) is 122 Å². The van der Waals surface area contributed by atoms with Gasteiger partial charge in [-0.3, -0.25) is 37.3 Å². The first-order valence-corrected chi connectivity index (χ1v) is 42.8. The third kappa shape index (κ3) is 73.8. The average molecular weight is 1470 g/mol. The first kappa shape index (κ1) is 97.5. The van der Waals surface area contributed by atoms with Gasteiger partial charge in [0.1, 0.15) is 19.3 Å². The van der Waals surface area contributed by atoms with Crippen molar-refractivity contribution in [2.24, 2.45) is 0 Å². The van der Waals surface area contributed by atoms with E-state index in [0.29, 0.717) is 32.1 Å². The van der Waals surface area contributed by atoms with E-state index in [4.69, 9.17) is 37.0 Å². The Morgan fingerprint density at radius 2 is 0.520 bits per heavy atom. The standard InChI is InChI=1S/C83H142O17P2/c1-5-9-13-17-21-25-29-33-35-37-38-40-41-45-48-52-56-60-64-68-81(86)94-74-79(100-83(88)70-66-62-58-54-50-46-42-39-36-34-30-26-22-18-14-10-6-2)76-98-102(91,92)96-72-77(84)71-95-101(89,90)97-75-78(99-82(87)69-65-61-57-53-49-44-32-28-24-20-16-12-8-4)73-93-80(85)67-63-59-55-51-47-43-31-27-23-19-15-11-7-3/h9-10,13-14,21-22,25-26,33-36,38,40,42,45-46,48,54,58,77-79,84H,5-8,11-12,15-20,23-24,27-32,37,39,41,43-44,47,49-53,55-57,59-76H2,1-4H3,(H,89,90)(H,91,92)/b13-9-,14-10-,25-21-,26-22-,35-33-,36-34-,40-38-,46-42-,48-45-,58-54-. The Morgan fingerprint density at radius 1 is 0.284 bits per heavy atom. The second-order valence-corrected chi connectivity index (χ2v) is 29.2. The van der Waals surface area contributed by atoms with Gasteiger partial charge in [-0.2, -0.15) is 0 Å². The lowest BCUT2D eigenvalue weighted by atomic mass is 10.0. The molecule has 0 aromatic rings. The van der Waals surface area contributed by atoms with Gasteiger partial charge in [0.15, 0.2) is 12.2 Å². The van der Waals surface area contributed by atoms with E-state index in [-0.39, 0.29) is 25.7 Å². The van der Waals surface area contributed by atoms with E-state index in [1.807, 2.05) is 12.2 Å². The highest BCUT2D eigenvalue weighted by atomic mass is 31.2. The van der Waals surface area contributed by atoms with Gasteiger partial charge in [0, 0.05) is 25.7 Å². The quantitative estimate of drug-likeness (QED) is 0.0169. The highest BCUT2D eigenvalue weighted by molar-refractivity contribution is 7.47. The number of hydrogen-bond donors (Lipinski definition) is 3. The molecule has 0 aromatic heterocycles. The Bertz CT molecular complexity index is 2410. The molecular formula is C83H142O17P2. The first-order chi connectivity index (χ1) is 49.7. The van der Waals surface area contributed by atoms with Crippen LogP contribution >= 0.6 is 15.6 Å². The Hall–Kier alpha value is -4.54. The number of aliphatic hydroxyl groups is 1. The molecule has 0 radical (unpaired) electrons. The van der Waals surface area contributed by atoms with Gasteiger partial charge < -0.3 is 33.8 Å². The normalized spacial score (nSPS) is 14.5. The van der Waals surface area contributed by atoms with Crippen molar-refractivity contribution in [3.8, 4) is 0 Å². The molecule has 0 aliphatic heterocycles. The average Bonchev–Trinajstić information content (AvgIpc) is 0.923. The Morgan fingerprint density at radius 3 is 0.824 bits per heavy atom. The zero-order chi connectivity index (χ0) is 74.6. The summed E-state index contributed by atoms with van der Waals surface area (Å²) in [5.41, 5.74) is 0. The first-order valence-electron chi connectivity index (χ1n) is 39.8. The number of rotatable bonds is 74. The van der Waals surface area contributed by atoms with Crippen LogP contribution in [0.1, 0.15) is 323 Å². The summed E-state index contributed by atoms with van der Waals surface area (Å²) in [6.45, 7) is 4.57. The molecule has 19 heteroatoms. The maximum atomic E-state index is 13.1. The van der Waals surface area contributed by atoms with Crippen molar-refractivity contribution in [2.75, 3.05) is 39.6 Å². The molecule has 0 saturated heterocycles. The molecular weight excluding hydrogens is 1330 g/mol. The van der Waals surface area contributed by atoms with E-state index in [0.717, 1.165) is 128 Å². The van der Waals surface area contributed by atoms with E-state index in [9.17, 15) is 43.2 Å². The van der Waals surface area contributed by atoms with Crippen LogP contribution in [-0.2, 0) is 65.4 Å². The van der Waals surface area contributed by atoms with E-state index < -0.39 is 97.5 Å². The van der Waals surface area contributed by atoms with Crippen molar-refractivity contribution in [1.29, 1.82) is 0 Å². The second-order valence-electron chi connectivity index (χ2n) is 26.3. The zero-order valence-corrected chi connectivity index (χ0v) is 65.8. The maximum absolute atomic E-state index is 13.1. The van der Waals surface area contributed by atoms with Crippen molar-refractivity contribution >= 4 is 39.5 Å². The number of allylic oxidation sites excluding steroid dienone is 20. The number of esters is 4. The number of hydrogen-bond acceptors (Lipinski definition) is 15. The molecule has 0 aliphatic rings. The van der Waals surface area contributed by atoms with Crippen molar-refractivity contribution in [3.63, 3.8) is 0 Å². The summed E-state index contributed by atoms with van der Waals surface area (Å²) in [6.07, 6.45) is 81.9. The van der Waals surface area contributed by atoms with Gasteiger partial charge in [-0.1, -0.05) is 310 Å². The van der Waals surface area contributed by atoms with Crippen LogP contribution in [0.5, 0.6) is 0 Å². The molecule has 0 bridgehead atoms. The Labute approximate surface area is 619 Å². The molecule has 0 fully saturated rings. The van der Waals surface area contributed by atoms with Crippen molar-refractivity contribution in [2.45, 2.75) is 341 Å². The molecule has 0 saturated carbocycles. The maximum Gasteiger partial charge on any atom is 0.472 e. The second kappa shape index (κ2) is 74.7. The van der Waals surface area contributed by atoms with Gasteiger partial charge in [0.2, 0.25) is 0 Å². The van der Waals surface area contributed by atoms with Crippen molar-refractivity contribution < 1.29 is 80.2 Å². The van der Waals surface area contributed by atoms with Gasteiger partial charge in [-0.15, -0.1) is 0 Å². The highest BCUT2D eigenvalue weighted by Crippen LogP contribution is 2.45. The van der Waals surface area contributed by atoms with E-state index in [1.165, 1.54) is 109 Å². The zero-order valence-electron chi connectivity index (χ0n) is 64.0. The molecule has 17 nitrogen and oxygen atoms in total. The van der Waals surface area contributed by atoms with Gasteiger partial charge >= 0.3 is 39.5 Å². The number of ether oxygens (including phenoxy) is 4. The number of phosphoric acid groups is 2. The predicted octanol–water partition coefficient (Wildman–Crippen LogP) is 23.1. The van der Waals surface area contributed by atoms with Crippen LogP contribution in [-0.4, -0.2) is 96.7 Å². The van der Waals surface area contributed by atoms with Crippen LogP contribution in [0.25, 0.3) is 0 Å². The van der Waals surface area contributed by atoms with Crippen LogP contribution in [0.15, 0.2) is 122 Å². The van der Waals surface area contributed by atoms with E-state index >= 15 is 0 Å². The van der Waals surface area contributed by atoms with E-state index in [2.05, 4.69) is 137 Å². The lowest BCUT2D eigenvalue weighted by Crippen LogP contribution is -2.30. The number of phosphoric ester groups is 2. The lowest BCUT2D eigenvalue weighted by Gasteiger charge is -2.21. The molecule has 0 spiro atoms. The fourth-order valence-corrected chi connectivity index (χ4v) is 12.0. The monoisotopic (exact) mass is 1470 g/mol. The summed E-state index contributed by atoms with van der Waals surface area (Å²) in [5.74, 6) is -2.27. The van der Waals surface area contributed by atoms with Gasteiger partial charge in [-0.05, 0) is 109 Å². The number of carbonyl (C=O) groups excluding carboxylic acids is 4. The fraction of sp³-hybridized carbons (Fsp3) is 0.711. The lowest BCUT2D eigenvalue weighted by molar-refractivity contribution is -0.161. The van der Waals surface area contributed by atoms with Gasteiger partial charge in [0.25, 0.3) is 0 Å². The Kier molecular flexibility index (Phi) is 71.4. The third-order valence-electron chi connectivity index (χ3n) is 16.5. The summed E-state index contributed by atoms with van der Waals surface area (Å²) in [5, 5.41) is 10.6. The van der Waals surface area contributed by atoms with Gasteiger partial charge in [0.05, 0.1) is 26.4 Å². The van der Waals surface area contributed by atoms with Crippen LogP contribution in [0.2, 0.25) is 0 Å². The van der Waals surface area contributed by atoms with Crippen LogP contribution in [0.3, 0.4) is 0 Å². The summed E-state index contributed by atoms with van der Waals surface area (Å²) in [4.78, 5) is 72.9. The number of unbranched alkanes of at least 4 members (excludes halogenated alkanes) is 28. The molecule has 586 valence electrons. The smallest absolute Gasteiger partial charge is 0.462 e. The summed E-state index contributed by atoms with van der Waals surface area (Å²) < 4.78 is 68.5. The number of carbonyl (C=O) groups is 4. The minimum atomic E-state index is -5.00. The largest absolute Gasteiger partial charge is 0.472 e. The third-order valence-corrected chi connectivity index (χ3v) is 18.4. The predicted molar refractivity (Wildman–Crippen MR) is 418 cm³/mol. The molecule has 5 atom stereocenters. The summed E-state index contributed by atoms with van der Waals surface area (Å²) in [6, 6.07) is 0. The summed E-state index contributed by atoms with van der Waals surface area (Å²) in [7, 11) is -9.98. The van der Waals surface area contributed by atoms with Crippen LogP contribution < -0.4 is 0 Å². The number of aliphatic hydroxyl groups excluding tert-OH is 1. The van der Waals surface area contributed by atoms with Gasteiger partial charge in [-0.25, -0.2) is 9.13 Å². The van der Waals surface area contributed by atoms with Crippen LogP contribution in [0.4, 0.5) is 0 Å². The molecule has 0 aliphatic carbocycles. The molecule has 0 amide bonds. The fourth-order valence-electron chi connectivity index (χ4n) is 10.5. The molecule has 0 aromatic carbocycles. The van der Waals surface area contributed by atoms with Crippen LogP contribution in [0, 0.1) is 0 Å². The molecule has 5 unspecified atom stereocenters. The molecule has 0 heterocycles.